The zero-order valence-electron chi connectivity index (χ0n) is 15.5. The van der Waals surface area contributed by atoms with Crippen molar-refractivity contribution in [1.29, 1.82) is 0 Å². The zero-order chi connectivity index (χ0) is 17.0. The van der Waals surface area contributed by atoms with Gasteiger partial charge in [0.15, 0.2) is 5.96 Å². The molecule has 1 aliphatic carbocycles. The van der Waals surface area contributed by atoms with Crippen LogP contribution < -0.4 is 5.32 Å². The van der Waals surface area contributed by atoms with Gasteiger partial charge in [-0.1, -0.05) is 19.3 Å². The van der Waals surface area contributed by atoms with Gasteiger partial charge in [0.1, 0.15) is 0 Å². The average molecular weight is 340 g/mol. The lowest BCUT2D eigenvalue weighted by Gasteiger charge is -2.32. The van der Waals surface area contributed by atoms with Gasteiger partial charge >= 0.3 is 0 Å². The first-order valence-electron chi connectivity index (χ1n) is 10.1. The lowest BCUT2D eigenvalue weighted by Crippen LogP contribution is -2.46. The van der Waals surface area contributed by atoms with Gasteiger partial charge in [0.25, 0.3) is 0 Å². The van der Waals surface area contributed by atoms with Crippen LogP contribution in [0.4, 0.5) is 0 Å². The van der Waals surface area contributed by atoms with E-state index in [1.807, 2.05) is 0 Å². The number of aliphatic hydroxyl groups is 1. The fourth-order valence-electron chi connectivity index (χ4n) is 3.56. The third-order valence-electron chi connectivity index (χ3n) is 5.07. The van der Waals surface area contributed by atoms with Crippen molar-refractivity contribution < 1.29 is 9.84 Å². The summed E-state index contributed by atoms with van der Waals surface area (Å²) in [6.07, 6.45) is 12.2. The highest BCUT2D eigenvalue weighted by Gasteiger charge is 2.19. The van der Waals surface area contributed by atoms with Gasteiger partial charge in [0.05, 0.1) is 12.2 Å². The molecule has 1 saturated carbocycles. The standard InChI is InChI=1S/C19H37N3O2/c1-2-20-19(22-14-11-17(23)12-15-22)21-13-7-4-8-16-24-18-9-5-3-6-10-18/h17-18,23H,2-16H2,1H3,(H,20,21). The van der Waals surface area contributed by atoms with E-state index in [0.29, 0.717) is 6.10 Å². The van der Waals surface area contributed by atoms with Crippen LogP contribution in [0.3, 0.4) is 0 Å². The van der Waals surface area contributed by atoms with Crippen LogP contribution in [0.2, 0.25) is 0 Å². The Balaban J connectivity index is 1.56. The molecule has 0 aromatic rings. The summed E-state index contributed by atoms with van der Waals surface area (Å²) in [7, 11) is 0. The maximum Gasteiger partial charge on any atom is 0.193 e. The van der Waals surface area contributed by atoms with Crippen molar-refractivity contribution in [2.45, 2.75) is 83.3 Å². The first-order valence-corrected chi connectivity index (χ1v) is 10.1. The second-order valence-corrected chi connectivity index (χ2v) is 7.15. The fraction of sp³-hybridized carbons (Fsp3) is 0.947. The third-order valence-corrected chi connectivity index (χ3v) is 5.07. The van der Waals surface area contributed by atoms with E-state index < -0.39 is 0 Å². The summed E-state index contributed by atoms with van der Waals surface area (Å²) in [5, 5.41) is 13.0. The number of hydrogen-bond acceptors (Lipinski definition) is 3. The van der Waals surface area contributed by atoms with Crippen LogP contribution in [0.25, 0.3) is 0 Å². The topological polar surface area (TPSA) is 57.1 Å². The number of unbranched alkanes of at least 4 members (excludes halogenated alkanes) is 2. The Morgan fingerprint density at radius 1 is 1.08 bits per heavy atom. The molecular formula is C19H37N3O2. The minimum atomic E-state index is -0.131. The molecule has 0 unspecified atom stereocenters. The lowest BCUT2D eigenvalue weighted by atomic mass is 9.98. The van der Waals surface area contributed by atoms with Gasteiger partial charge in [0, 0.05) is 32.8 Å². The number of guanidine groups is 1. The van der Waals surface area contributed by atoms with E-state index in [2.05, 4.69) is 17.1 Å². The second kappa shape index (κ2) is 11.7. The van der Waals surface area contributed by atoms with Gasteiger partial charge in [0.2, 0.25) is 0 Å². The molecule has 0 aromatic heterocycles. The summed E-state index contributed by atoms with van der Waals surface area (Å²) in [6, 6.07) is 0. The highest BCUT2D eigenvalue weighted by molar-refractivity contribution is 5.80. The van der Waals surface area contributed by atoms with E-state index in [1.54, 1.807) is 0 Å². The predicted octanol–water partition coefficient (Wildman–Crippen LogP) is 2.93. The van der Waals surface area contributed by atoms with Gasteiger partial charge in [-0.15, -0.1) is 0 Å². The molecule has 0 atom stereocenters. The van der Waals surface area contributed by atoms with E-state index in [1.165, 1.54) is 38.5 Å². The number of aliphatic hydroxyl groups excluding tert-OH is 1. The first kappa shape index (κ1) is 19.5. The van der Waals surface area contributed by atoms with Crippen LogP contribution in [0.5, 0.6) is 0 Å². The van der Waals surface area contributed by atoms with Crippen molar-refractivity contribution in [1.82, 2.24) is 10.2 Å². The smallest absolute Gasteiger partial charge is 0.193 e. The van der Waals surface area contributed by atoms with Gasteiger partial charge in [-0.25, -0.2) is 0 Å². The van der Waals surface area contributed by atoms with Crippen LogP contribution in [-0.4, -0.2) is 61.0 Å². The molecule has 0 radical (unpaired) electrons. The monoisotopic (exact) mass is 339 g/mol. The Morgan fingerprint density at radius 2 is 1.83 bits per heavy atom. The number of nitrogens with zero attached hydrogens (tertiary/aromatic N) is 2. The molecule has 5 heteroatoms. The largest absolute Gasteiger partial charge is 0.393 e. The summed E-state index contributed by atoms with van der Waals surface area (Å²) in [4.78, 5) is 7.04. The first-order chi connectivity index (χ1) is 11.8. The van der Waals surface area contributed by atoms with Crippen molar-refractivity contribution in [2.24, 2.45) is 4.99 Å². The molecule has 1 heterocycles. The van der Waals surface area contributed by atoms with Gasteiger partial charge in [-0.3, -0.25) is 4.99 Å². The maximum absolute atomic E-state index is 9.63. The van der Waals surface area contributed by atoms with E-state index in [4.69, 9.17) is 9.73 Å². The Kier molecular flexibility index (Phi) is 9.51. The minimum absolute atomic E-state index is 0.131. The van der Waals surface area contributed by atoms with Crippen molar-refractivity contribution in [3.8, 4) is 0 Å². The van der Waals surface area contributed by atoms with E-state index in [-0.39, 0.29) is 6.10 Å². The lowest BCUT2D eigenvalue weighted by molar-refractivity contribution is 0.0264. The molecular weight excluding hydrogens is 302 g/mol. The molecule has 0 aromatic carbocycles. The molecule has 0 amide bonds. The quantitative estimate of drug-likeness (QED) is 0.405. The number of hydrogen-bond donors (Lipinski definition) is 2. The Hall–Kier alpha value is -0.810. The average Bonchev–Trinajstić information content (AvgIpc) is 2.61. The third kappa shape index (κ3) is 7.39. The molecule has 5 nitrogen and oxygen atoms in total. The highest BCUT2D eigenvalue weighted by atomic mass is 16.5. The maximum atomic E-state index is 9.63. The Labute approximate surface area is 147 Å². The summed E-state index contributed by atoms with van der Waals surface area (Å²) >= 11 is 0. The SMILES string of the molecule is CCNC(=NCCCCCOC1CCCCC1)N1CCC(O)CC1. The van der Waals surface area contributed by atoms with Crippen molar-refractivity contribution >= 4 is 5.96 Å². The summed E-state index contributed by atoms with van der Waals surface area (Å²) in [5.41, 5.74) is 0. The van der Waals surface area contributed by atoms with Crippen LogP contribution in [0, 0.1) is 0 Å². The van der Waals surface area contributed by atoms with Gasteiger partial charge in [-0.2, -0.15) is 0 Å². The molecule has 2 rings (SSSR count). The van der Waals surface area contributed by atoms with Crippen molar-refractivity contribution in [3.63, 3.8) is 0 Å². The summed E-state index contributed by atoms with van der Waals surface area (Å²) in [6.45, 7) is 6.61. The van der Waals surface area contributed by atoms with E-state index in [0.717, 1.165) is 64.4 Å². The number of piperidine rings is 1. The number of likely N-dealkylation sites (tertiary alicyclic amines) is 1. The molecule has 2 N–H and O–H groups in total. The fourth-order valence-corrected chi connectivity index (χ4v) is 3.56. The molecule has 2 fully saturated rings. The molecule has 2 aliphatic rings. The number of nitrogens with one attached hydrogen (secondary N) is 1. The molecule has 1 aliphatic heterocycles. The highest BCUT2D eigenvalue weighted by Crippen LogP contribution is 2.20. The van der Waals surface area contributed by atoms with E-state index >= 15 is 0 Å². The molecule has 140 valence electrons. The Morgan fingerprint density at radius 3 is 2.54 bits per heavy atom. The van der Waals surface area contributed by atoms with Crippen LogP contribution in [0.1, 0.15) is 71.1 Å². The number of rotatable bonds is 8. The summed E-state index contributed by atoms with van der Waals surface area (Å²) < 4.78 is 5.97. The molecule has 1 saturated heterocycles. The zero-order valence-corrected chi connectivity index (χ0v) is 15.5. The van der Waals surface area contributed by atoms with Crippen LogP contribution >= 0.6 is 0 Å². The molecule has 24 heavy (non-hydrogen) atoms. The van der Waals surface area contributed by atoms with E-state index in [9.17, 15) is 5.11 Å². The van der Waals surface area contributed by atoms with Crippen LogP contribution in [-0.2, 0) is 4.74 Å². The van der Waals surface area contributed by atoms with Gasteiger partial charge < -0.3 is 20.1 Å². The molecule has 0 bridgehead atoms. The van der Waals surface area contributed by atoms with Crippen LogP contribution in [0.15, 0.2) is 4.99 Å². The summed E-state index contributed by atoms with van der Waals surface area (Å²) in [5.74, 6) is 1.02. The van der Waals surface area contributed by atoms with Crippen molar-refractivity contribution in [3.05, 3.63) is 0 Å². The number of aliphatic imine (C=N–C) groups is 1. The minimum Gasteiger partial charge on any atom is -0.393 e. The normalized spacial score (nSPS) is 21.2. The predicted molar refractivity (Wildman–Crippen MR) is 99.5 cm³/mol. The van der Waals surface area contributed by atoms with Gasteiger partial charge in [-0.05, 0) is 51.9 Å². The Bertz CT molecular complexity index is 349. The van der Waals surface area contributed by atoms with Crippen molar-refractivity contribution in [2.75, 3.05) is 32.8 Å². The number of ether oxygens (including phenoxy) is 1. The molecule has 0 spiro atoms. The second-order valence-electron chi connectivity index (χ2n) is 7.15.